The fourth-order valence-electron chi connectivity index (χ4n) is 8.76. The molecular weight excluding hydrogens is 464 g/mol. The van der Waals surface area contributed by atoms with Gasteiger partial charge in [0.15, 0.2) is 0 Å². The maximum atomic E-state index is 12.3. The van der Waals surface area contributed by atoms with Crippen LogP contribution < -0.4 is 0 Å². The highest BCUT2D eigenvalue weighted by Crippen LogP contribution is 2.68. The second kappa shape index (κ2) is 10.2. The minimum absolute atomic E-state index is 0.203. The lowest BCUT2D eigenvalue weighted by molar-refractivity contribution is -0.225. The van der Waals surface area contributed by atoms with E-state index >= 15 is 0 Å². The van der Waals surface area contributed by atoms with Gasteiger partial charge >= 0.3 is 11.9 Å². The van der Waals surface area contributed by atoms with Crippen LogP contribution in [0.1, 0.15) is 100 Å². The summed E-state index contributed by atoms with van der Waals surface area (Å²) < 4.78 is 11.4. The number of carbonyl (C=O) groups excluding carboxylic acids is 2. The minimum Gasteiger partial charge on any atom is -0.462 e. The Morgan fingerprint density at radius 3 is 2.24 bits per heavy atom. The molecule has 0 saturated heterocycles. The first-order chi connectivity index (χ1) is 17.2. The molecule has 0 heterocycles. The molecule has 37 heavy (non-hydrogen) atoms. The Bertz CT molecular complexity index is 951. The Kier molecular flexibility index (Phi) is 7.80. The van der Waals surface area contributed by atoms with Crippen molar-refractivity contribution in [3.05, 3.63) is 23.8 Å². The summed E-state index contributed by atoms with van der Waals surface area (Å²) in [6, 6.07) is 0. The lowest BCUT2D eigenvalue weighted by Gasteiger charge is -2.62. The highest BCUT2D eigenvalue weighted by molar-refractivity contribution is 5.67. The first kappa shape index (κ1) is 28.4. The first-order valence-corrected chi connectivity index (χ1v) is 14.7. The molecule has 0 amide bonds. The molecule has 0 aromatic heterocycles. The number of allylic oxidation sites excluding steroid dienone is 3. The van der Waals surface area contributed by atoms with E-state index in [1.54, 1.807) is 0 Å². The van der Waals surface area contributed by atoms with Crippen molar-refractivity contribution in [2.45, 2.75) is 118 Å². The second-order valence-corrected chi connectivity index (χ2v) is 13.7. The van der Waals surface area contributed by atoms with E-state index in [4.69, 9.17) is 9.47 Å². The zero-order chi connectivity index (χ0) is 27.3. The Balaban J connectivity index is 1.67. The van der Waals surface area contributed by atoms with Gasteiger partial charge in [-0.05, 0) is 85.5 Å². The molecule has 0 aliphatic heterocycles. The monoisotopic (exact) mass is 514 g/mol. The predicted molar refractivity (Wildman–Crippen MR) is 145 cm³/mol. The van der Waals surface area contributed by atoms with Crippen LogP contribution in [0, 0.1) is 46.3 Å². The van der Waals surface area contributed by atoms with Crippen molar-refractivity contribution in [2.75, 3.05) is 0 Å². The summed E-state index contributed by atoms with van der Waals surface area (Å²) in [5, 5.41) is 12.3. The number of rotatable bonds is 6. The van der Waals surface area contributed by atoms with E-state index < -0.39 is 17.1 Å². The molecule has 208 valence electrons. The molecule has 0 aromatic carbocycles. The van der Waals surface area contributed by atoms with E-state index in [0.29, 0.717) is 36.0 Å². The molecule has 5 nitrogen and oxygen atoms in total. The van der Waals surface area contributed by atoms with Crippen molar-refractivity contribution in [2.24, 2.45) is 46.3 Å². The normalized spacial score (nSPS) is 42.9. The molecule has 0 aromatic rings. The Labute approximate surface area is 224 Å². The summed E-state index contributed by atoms with van der Waals surface area (Å²) in [5.41, 5.74) is -0.0625. The van der Waals surface area contributed by atoms with Crippen molar-refractivity contribution in [1.82, 2.24) is 0 Å². The average molecular weight is 515 g/mol. The number of hydrogen-bond donors (Lipinski definition) is 1. The maximum Gasteiger partial charge on any atom is 0.303 e. The zero-order valence-electron chi connectivity index (χ0n) is 24.4. The number of esters is 2. The Morgan fingerprint density at radius 1 is 0.946 bits per heavy atom. The third kappa shape index (κ3) is 4.83. The Hall–Kier alpha value is -1.62. The van der Waals surface area contributed by atoms with Crippen LogP contribution >= 0.6 is 0 Å². The van der Waals surface area contributed by atoms with Crippen LogP contribution in [-0.4, -0.2) is 34.9 Å². The summed E-state index contributed by atoms with van der Waals surface area (Å²) in [4.78, 5) is 23.9. The van der Waals surface area contributed by atoms with Gasteiger partial charge in [0.2, 0.25) is 0 Å². The molecule has 0 radical (unpaired) electrons. The molecule has 10 unspecified atom stereocenters. The van der Waals surface area contributed by atoms with Gasteiger partial charge in [0.25, 0.3) is 0 Å². The van der Waals surface area contributed by atoms with E-state index in [-0.39, 0.29) is 29.4 Å². The van der Waals surface area contributed by atoms with Crippen LogP contribution in [0.3, 0.4) is 0 Å². The molecule has 0 spiro atoms. The van der Waals surface area contributed by atoms with E-state index in [2.05, 4.69) is 59.8 Å². The van der Waals surface area contributed by atoms with Crippen molar-refractivity contribution >= 4 is 11.9 Å². The minimum atomic E-state index is -1.25. The molecule has 5 heteroatoms. The van der Waals surface area contributed by atoms with Crippen LogP contribution in [0.2, 0.25) is 0 Å². The summed E-state index contributed by atoms with van der Waals surface area (Å²) in [6.45, 7) is 16.8. The fourth-order valence-corrected chi connectivity index (χ4v) is 8.76. The van der Waals surface area contributed by atoms with Gasteiger partial charge < -0.3 is 14.6 Å². The van der Waals surface area contributed by atoms with Gasteiger partial charge in [-0.2, -0.15) is 0 Å². The molecule has 4 aliphatic rings. The molecular formula is C32H50O5. The molecule has 3 fully saturated rings. The highest BCUT2D eigenvalue weighted by Gasteiger charge is 2.66. The molecule has 3 saturated carbocycles. The summed E-state index contributed by atoms with van der Waals surface area (Å²) >= 11 is 0. The number of ether oxygens (including phenoxy) is 2. The molecule has 4 aliphatic carbocycles. The van der Waals surface area contributed by atoms with Crippen molar-refractivity contribution in [3.63, 3.8) is 0 Å². The van der Waals surface area contributed by atoms with Crippen molar-refractivity contribution in [1.29, 1.82) is 0 Å². The van der Waals surface area contributed by atoms with Gasteiger partial charge in [0.1, 0.15) is 17.8 Å². The Morgan fingerprint density at radius 2 is 1.62 bits per heavy atom. The van der Waals surface area contributed by atoms with Crippen LogP contribution in [0.25, 0.3) is 0 Å². The van der Waals surface area contributed by atoms with Crippen LogP contribution in [-0.2, 0) is 19.1 Å². The van der Waals surface area contributed by atoms with E-state index in [1.165, 1.54) is 25.8 Å². The van der Waals surface area contributed by atoms with Gasteiger partial charge in [-0.25, -0.2) is 0 Å². The lowest BCUT2D eigenvalue weighted by atomic mass is 9.45. The van der Waals surface area contributed by atoms with Gasteiger partial charge in [-0.3, -0.25) is 9.59 Å². The summed E-state index contributed by atoms with van der Waals surface area (Å²) in [5.74, 6) is 2.35. The van der Waals surface area contributed by atoms with Gasteiger partial charge in [0.05, 0.1) is 0 Å². The topological polar surface area (TPSA) is 72.8 Å². The summed E-state index contributed by atoms with van der Waals surface area (Å²) in [6.07, 6.45) is 12.3. The largest absolute Gasteiger partial charge is 0.462 e. The number of aliphatic hydroxyl groups is 1. The molecule has 10 atom stereocenters. The average Bonchev–Trinajstić information content (AvgIpc) is 3.15. The zero-order valence-corrected chi connectivity index (χ0v) is 24.4. The van der Waals surface area contributed by atoms with E-state index in [9.17, 15) is 14.7 Å². The fraction of sp³-hybridized carbons (Fsp3) is 0.812. The van der Waals surface area contributed by atoms with Crippen molar-refractivity contribution < 1.29 is 24.2 Å². The second-order valence-electron chi connectivity index (χ2n) is 13.7. The highest BCUT2D eigenvalue weighted by atomic mass is 16.6. The third-order valence-electron chi connectivity index (χ3n) is 11.3. The van der Waals surface area contributed by atoms with Gasteiger partial charge in [-0.1, -0.05) is 59.3 Å². The number of fused-ring (bicyclic) bond motifs is 5. The maximum absolute atomic E-state index is 12.3. The lowest BCUT2D eigenvalue weighted by Crippen LogP contribution is -2.66. The standard InChI is InChI=1S/C32H50O5/c1-19(2)20(3)9-10-21(4)26-11-12-27-25-17-29(37-23(6)34)32(35)18-24(36-22(5)33)13-16-31(32,8)28(25)14-15-30(26,27)7/h9-10,17,19-21,24,26-29,35H,11-16,18H2,1-8H3. The van der Waals surface area contributed by atoms with Crippen LogP contribution in [0.4, 0.5) is 0 Å². The molecule has 0 bridgehead atoms. The molecule has 1 N–H and O–H groups in total. The SMILES string of the molecule is CC(=O)OC1CCC2(C)C3CCC4(C)C(CCC4C(C)C=CC(C)C(C)C)C3=CC(OC(C)=O)C2(O)C1. The third-order valence-corrected chi connectivity index (χ3v) is 11.3. The quantitative estimate of drug-likeness (QED) is 0.318. The van der Waals surface area contributed by atoms with E-state index in [0.717, 1.165) is 32.1 Å². The predicted octanol–water partition coefficient (Wildman–Crippen LogP) is 6.64. The smallest absolute Gasteiger partial charge is 0.303 e. The molecule has 4 rings (SSSR count). The van der Waals surface area contributed by atoms with Gasteiger partial charge in [-0.15, -0.1) is 0 Å². The summed E-state index contributed by atoms with van der Waals surface area (Å²) in [7, 11) is 0. The number of hydrogen-bond acceptors (Lipinski definition) is 5. The van der Waals surface area contributed by atoms with Crippen LogP contribution in [0.5, 0.6) is 0 Å². The van der Waals surface area contributed by atoms with Crippen molar-refractivity contribution in [3.8, 4) is 0 Å². The number of carbonyl (C=O) groups is 2. The van der Waals surface area contributed by atoms with Gasteiger partial charge in [0, 0.05) is 25.7 Å². The first-order valence-electron chi connectivity index (χ1n) is 14.7. The van der Waals surface area contributed by atoms with Crippen LogP contribution in [0.15, 0.2) is 23.8 Å². The van der Waals surface area contributed by atoms with E-state index in [1.807, 2.05) is 0 Å².